The number of nitrogens with zero attached hydrogens (tertiary/aromatic N) is 5. The zero-order chi connectivity index (χ0) is 19.0. The van der Waals surface area contributed by atoms with Crippen LogP contribution in [-0.4, -0.2) is 53.0 Å². The maximum absolute atomic E-state index is 13.0. The number of hydrogen-bond donors (Lipinski definition) is 0. The molecule has 2 aromatic rings. The van der Waals surface area contributed by atoms with E-state index in [-0.39, 0.29) is 16.7 Å². The van der Waals surface area contributed by atoms with Crippen LogP contribution in [0.25, 0.3) is 0 Å². The molecule has 2 saturated heterocycles. The summed E-state index contributed by atoms with van der Waals surface area (Å²) in [7, 11) is -1.62. The lowest BCUT2D eigenvalue weighted by molar-refractivity contribution is -0.117. The molecule has 27 heavy (non-hydrogen) atoms. The summed E-state index contributed by atoms with van der Waals surface area (Å²) >= 11 is 0. The van der Waals surface area contributed by atoms with E-state index in [1.807, 2.05) is 11.6 Å². The summed E-state index contributed by atoms with van der Waals surface area (Å²) in [5.41, 5.74) is 0.762. The Bertz CT molecular complexity index is 930. The number of benzene rings is 1. The third kappa shape index (κ3) is 3.37. The molecule has 1 aromatic carbocycles. The van der Waals surface area contributed by atoms with Gasteiger partial charge in [0, 0.05) is 44.7 Å². The van der Waals surface area contributed by atoms with E-state index in [2.05, 4.69) is 10.2 Å². The molecule has 0 atom stereocenters. The number of aryl methyl sites for hydroxylation is 1. The molecule has 0 radical (unpaired) electrons. The van der Waals surface area contributed by atoms with Crippen molar-refractivity contribution in [2.24, 2.45) is 7.05 Å². The second kappa shape index (κ2) is 7.05. The zero-order valence-electron chi connectivity index (χ0n) is 15.3. The number of sulfonamides is 1. The van der Waals surface area contributed by atoms with Crippen molar-refractivity contribution in [2.75, 3.05) is 24.5 Å². The molecule has 3 heterocycles. The van der Waals surface area contributed by atoms with Gasteiger partial charge in [-0.15, -0.1) is 10.2 Å². The highest BCUT2D eigenvalue weighted by atomic mass is 32.2. The molecule has 8 nitrogen and oxygen atoms in total. The molecule has 0 aliphatic carbocycles. The van der Waals surface area contributed by atoms with E-state index >= 15 is 0 Å². The van der Waals surface area contributed by atoms with Crippen LogP contribution < -0.4 is 4.90 Å². The average molecular weight is 389 g/mol. The van der Waals surface area contributed by atoms with Gasteiger partial charge in [-0.25, -0.2) is 8.42 Å². The number of piperidine rings is 1. The Morgan fingerprint density at radius 2 is 1.78 bits per heavy atom. The first kappa shape index (κ1) is 18.1. The zero-order valence-corrected chi connectivity index (χ0v) is 16.1. The fourth-order valence-corrected chi connectivity index (χ4v) is 5.35. The van der Waals surface area contributed by atoms with Crippen molar-refractivity contribution < 1.29 is 13.2 Å². The fourth-order valence-electron chi connectivity index (χ4n) is 3.88. The Kier molecular flexibility index (Phi) is 4.73. The normalized spacial score (nSPS) is 19.7. The van der Waals surface area contributed by atoms with Crippen molar-refractivity contribution in [2.45, 2.75) is 36.5 Å². The summed E-state index contributed by atoms with van der Waals surface area (Å²) in [4.78, 5) is 13.8. The number of rotatable bonds is 4. The highest BCUT2D eigenvalue weighted by Crippen LogP contribution is 2.30. The summed E-state index contributed by atoms with van der Waals surface area (Å²) in [6.07, 6.45) is 4.53. The molecule has 0 unspecified atom stereocenters. The minimum absolute atomic E-state index is 0.0939. The minimum Gasteiger partial charge on any atom is -0.320 e. The molecule has 9 heteroatoms. The molecule has 0 N–H and O–H groups in total. The predicted octanol–water partition coefficient (Wildman–Crippen LogP) is 1.51. The first-order valence-corrected chi connectivity index (χ1v) is 10.7. The van der Waals surface area contributed by atoms with Gasteiger partial charge >= 0.3 is 0 Å². The van der Waals surface area contributed by atoms with Gasteiger partial charge in [0.05, 0.1) is 4.90 Å². The van der Waals surface area contributed by atoms with Crippen LogP contribution in [0.4, 0.5) is 5.69 Å². The minimum atomic E-state index is -3.53. The lowest BCUT2D eigenvalue weighted by atomic mass is 9.97. The molecule has 2 aliphatic rings. The van der Waals surface area contributed by atoms with Gasteiger partial charge in [0.1, 0.15) is 12.2 Å². The Labute approximate surface area is 158 Å². The summed E-state index contributed by atoms with van der Waals surface area (Å²) in [6, 6.07) is 6.65. The average Bonchev–Trinajstić information content (AvgIpc) is 3.30. The molecule has 144 valence electrons. The number of aromatic nitrogens is 3. The number of anilines is 1. The number of amides is 1. The molecular formula is C18H23N5O3S. The molecule has 1 amide bonds. The molecule has 2 aliphatic heterocycles. The second-order valence-corrected chi connectivity index (χ2v) is 9.06. The second-order valence-electron chi connectivity index (χ2n) is 7.12. The maximum atomic E-state index is 13.0. The fraction of sp³-hybridized carbons (Fsp3) is 0.500. The summed E-state index contributed by atoms with van der Waals surface area (Å²) in [5.74, 6) is 1.23. The quantitative estimate of drug-likeness (QED) is 0.791. The van der Waals surface area contributed by atoms with Gasteiger partial charge in [-0.05, 0) is 43.5 Å². The van der Waals surface area contributed by atoms with Crippen LogP contribution in [0.3, 0.4) is 0 Å². The molecule has 0 saturated carbocycles. The monoisotopic (exact) mass is 389 g/mol. The molecule has 1 aromatic heterocycles. The smallest absolute Gasteiger partial charge is 0.243 e. The van der Waals surface area contributed by atoms with Crippen LogP contribution in [0.5, 0.6) is 0 Å². The number of carbonyl (C=O) groups is 1. The van der Waals surface area contributed by atoms with Crippen molar-refractivity contribution in [3.8, 4) is 0 Å². The van der Waals surface area contributed by atoms with Gasteiger partial charge in [0.2, 0.25) is 15.9 Å². The van der Waals surface area contributed by atoms with Gasteiger partial charge in [-0.1, -0.05) is 0 Å². The van der Waals surface area contributed by atoms with E-state index in [0.29, 0.717) is 26.1 Å². The Morgan fingerprint density at radius 3 is 2.33 bits per heavy atom. The summed E-state index contributed by atoms with van der Waals surface area (Å²) in [5, 5.41) is 8.06. The third-order valence-electron chi connectivity index (χ3n) is 5.43. The van der Waals surface area contributed by atoms with Crippen molar-refractivity contribution in [3.05, 3.63) is 36.4 Å². The topological polar surface area (TPSA) is 88.4 Å². The Hall–Kier alpha value is -2.26. The van der Waals surface area contributed by atoms with Gasteiger partial charge in [0.15, 0.2) is 0 Å². The Balaban J connectivity index is 1.46. The predicted molar refractivity (Wildman–Crippen MR) is 99.8 cm³/mol. The highest BCUT2D eigenvalue weighted by molar-refractivity contribution is 7.89. The van der Waals surface area contributed by atoms with Crippen LogP contribution in [0.15, 0.2) is 35.5 Å². The van der Waals surface area contributed by atoms with Gasteiger partial charge in [0.25, 0.3) is 0 Å². The maximum Gasteiger partial charge on any atom is 0.243 e. The van der Waals surface area contributed by atoms with Crippen LogP contribution in [0.1, 0.15) is 37.4 Å². The van der Waals surface area contributed by atoms with Gasteiger partial charge < -0.3 is 9.47 Å². The van der Waals surface area contributed by atoms with E-state index in [1.54, 1.807) is 35.5 Å². The summed E-state index contributed by atoms with van der Waals surface area (Å²) < 4.78 is 29.3. The highest BCUT2D eigenvalue weighted by Gasteiger charge is 2.31. The van der Waals surface area contributed by atoms with Crippen molar-refractivity contribution >= 4 is 21.6 Å². The molecule has 0 spiro atoms. The van der Waals surface area contributed by atoms with Crippen LogP contribution in [0, 0.1) is 0 Å². The largest absolute Gasteiger partial charge is 0.320 e. The van der Waals surface area contributed by atoms with Crippen molar-refractivity contribution in [1.29, 1.82) is 0 Å². The van der Waals surface area contributed by atoms with E-state index in [4.69, 9.17) is 0 Å². The molecule has 0 bridgehead atoms. The first-order valence-electron chi connectivity index (χ1n) is 9.21. The standard InChI is InChI=1S/C18H23N5O3S/c1-21-13-19-20-18(21)14-8-11-22(12-9-14)27(25,26)16-6-4-15(5-7-16)23-10-2-3-17(23)24/h4-7,13-14H,2-3,8-12H2,1H3. The van der Waals surface area contributed by atoms with Crippen molar-refractivity contribution in [1.82, 2.24) is 19.1 Å². The molecule has 4 rings (SSSR count). The van der Waals surface area contributed by atoms with E-state index < -0.39 is 10.0 Å². The van der Waals surface area contributed by atoms with E-state index in [1.165, 1.54) is 4.31 Å². The molecular weight excluding hydrogens is 366 g/mol. The van der Waals surface area contributed by atoms with Crippen LogP contribution in [0.2, 0.25) is 0 Å². The lowest BCUT2D eigenvalue weighted by Crippen LogP contribution is -2.38. The van der Waals surface area contributed by atoms with Crippen LogP contribution in [-0.2, 0) is 21.9 Å². The van der Waals surface area contributed by atoms with Gasteiger partial charge in [-0.2, -0.15) is 4.31 Å². The summed E-state index contributed by atoms with van der Waals surface area (Å²) in [6.45, 7) is 1.62. The van der Waals surface area contributed by atoms with Crippen molar-refractivity contribution in [3.63, 3.8) is 0 Å². The Morgan fingerprint density at radius 1 is 1.07 bits per heavy atom. The van der Waals surface area contributed by atoms with E-state index in [0.717, 1.165) is 30.8 Å². The number of carbonyl (C=O) groups excluding carboxylic acids is 1. The van der Waals surface area contributed by atoms with Crippen LogP contribution >= 0.6 is 0 Å². The molecule has 2 fully saturated rings. The number of hydrogen-bond acceptors (Lipinski definition) is 5. The van der Waals surface area contributed by atoms with E-state index in [9.17, 15) is 13.2 Å². The lowest BCUT2D eigenvalue weighted by Gasteiger charge is -2.30. The SMILES string of the molecule is Cn1cnnc1C1CCN(S(=O)(=O)c2ccc(N3CCCC3=O)cc2)CC1. The first-order chi connectivity index (χ1) is 13.0. The van der Waals surface area contributed by atoms with Gasteiger partial charge in [-0.3, -0.25) is 4.79 Å². The third-order valence-corrected chi connectivity index (χ3v) is 7.34.